The fourth-order valence-corrected chi connectivity index (χ4v) is 3.66. The maximum Gasteiger partial charge on any atom is 0.194 e. The SMILES string of the molecule is Cc1ccc(C(=O)c2ccccc2C(=O)c2cccc3ccccc23)c(C)c1. The molecule has 0 unspecified atom stereocenters. The van der Waals surface area contributed by atoms with Crippen LogP contribution in [0.2, 0.25) is 0 Å². The minimum Gasteiger partial charge on any atom is -0.289 e. The van der Waals surface area contributed by atoms with Crippen molar-refractivity contribution in [1.29, 1.82) is 0 Å². The van der Waals surface area contributed by atoms with E-state index in [1.807, 2.05) is 74.5 Å². The zero-order valence-corrected chi connectivity index (χ0v) is 15.9. The summed E-state index contributed by atoms with van der Waals surface area (Å²) in [5.41, 5.74) is 4.13. The molecule has 0 N–H and O–H groups in total. The van der Waals surface area contributed by atoms with Gasteiger partial charge < -0.3 is 0 Å². The van der Waals surface area contributed by atoms with E-state index in [0.29, 0.717) is 22.3 Å². The monoisotopic (exact) mass is 364 g/mol. The molecule has 4 aromatic carbocycles. The van der Waals surface area contributed by atoms with Gasteiger partial charge in [0, 0.05) is 22.3 Å². The molecule has 4 rings (SSSR count). The average molecular weight is 364 g/mol. The van der Waals surface area contributed by atoms with Gasteiger partial charge in [-0.1, -0.05) is 90.5 Å². The van der Waals surface area contributed by atoms with E-state index in [1.54, 1.807) is 24.3 Å². The van der Waals surface area contributed by atoms with Crippen molar-refractivity contribution >= 4 is 22.3 Å². The number of rotatable bonds is 4. The van der Waals surface area contributed by atoms with E-state index in [2.05, 4.69) is 0 Å². The molecule has 0 aliphatic rings. The molecule has 0 aromatic heterocycles. The molecular weight excluding hydrogens is 344 g/mol. The molecule has 0 bridgehead atoms. The second-order valence-corrected chi connectivity index (χ2v) is 7.05. The van der Waals surface area contributed by atoms with E-state index in [9.17, 15) is 9.59 Å². The number of carbonyl (C=O) groups is 2. The van der Waals surface area contributed by atoms with Gasteiger partial charge in [-0.05, 0) is 30.2 Å². The molecule has 2 nitrogen and oxygen atoms in total. The first-order valence-electron chi connectivity index (χ1n) is 9.29. The fourth-order valence-electron chi connectivity index (χ4n) is 3.66. The average Bonchev–Trinajstić information content (AvgIpc) is 2.72. The summed E-state index contributed by atoms with van der Waals surface area (Å²) in [5.74, 6) is -0.257. The Morgan fingerprint density at radius 3 is 1.86 bits per heavy atom. The summed E-state index contributed by atoms with van der Waals surface area (Å²) >= 11 is 0. The third kappa shape index (κ3) is 3.14. The van der Waals surface area contributed by atoms with Gasteiger partial charge in [-0.25, -0.2) is 0 Å². The molecule has 0 fully saturated rings. The van der Waals surface area contributed by atoms with Crippen molar-refractivity contribution in [3.8, 4) is 0 Å². The van der Waals surface area contributed by atoms with Crippen LogP contribution in [0.4, 0.5) is 0 Å². The maximum atomic E-state index is 13.4. The summed E-state index contributed by atoms with van der Waals surface area (Å²) in [6, 6.07) is 26.3. The number of hydrogen-bond donors (Lipinski definition) is 0. The summed E-state index contributed by atoms with van der Waals surface area (Å²) in [6.45, 7) is 3.93. The molecule has 0 amide bonds. The first-order chi connectivity index (χ1) is 13.6. The standard InChI is InChI=1S/C26H20O2/c1-17-14-15-20(18(2)16-17)25(27)23-11-5-6-12-24(23)26(28)22-13-7-9-19-8-3-4-10-21(19)22/h3-16H,1-2H3. The first kappa shape index (κ1) is 17.9. The molecule has 0 aliphatic heterocycles. The number of benzene rings is 4. The smallest absolute Gasteiger partial charge is 0.194 e. The number of carbonyl (C=O) groups excluding carboxylic acids is 2. The highest BCUT2D eigenvalue weighted by Crippen LogP contribution is 2.25. The van der Waals surface area contributed by atoms with Gasteiger partial charge in [0.05, 0.1) is 0 Å². The zero-order chi connectivity index (χ0) is 19.7. The van der Waals surface area contributed by atoms with Crippen LogP contribution < -0.4 is 0 Å². The van der Waals surface area contributed by atoms with Crippen LogP contribution in [-0.2, 0) is 0 Å². The van der Waals surface area contributed by atoms with Gasteiger partial charge in [0.2, 0.25) is 0 Å². The Morgan fingerprint density at radius 2 is 1.14 bits per heavy atom. The van der Waals surface area contributed by atoms with Gasteiger partial charge in [0.1, 0.15) is 0 Å². The van der Waals surface area contributed by atoms with Gasteiger partial charge in [-0.15, -0.1) is 0 Å². The van der Waals surface area contributed by atoms with Gasteiger partial charge in [0.25, 0.3) is 0 Å². The second kappa shape index (κ2) is 7.24. The molecule has 0 aliphatic carbocycles. The Bertz CT molecular complexity index is 1210. The van der Waals surface area contributed by atoms with Crippen LogP contribution in [0, 0.1) is 13.8 Å². The molecule has 0 saturated heterocycles. The van der Waals surface area contributed by atoms with Gasteiger partial charge in [-0.3, -0.25) is 9.59 Å². The van der Waals surface area contributed by atoms with E-state index in [1.165, 1.54) is 0 Å². The largest absolute Gasteiger partial charge is 0.289 e. The van der Waals surface area contributed by atoms with Crippen LogP contribution in [-0.4, -0.2) is 11.6 Å². The van der Waals surface area contributed by atoms with Crippen molar-refractivity contribution in [2.24, 2.45) is 0 Å². The topological polar surface area (TPSA) is 34.1 Å². The van der Waals surface area contributed by atoms with Crippen LogP contribution in [0.3, 0.4) is 0 Å². The van der Waals surface area contributed by atoms with Crippen molar-refractivity contribution in [2.75, 3.05) is 0 Å². The molecule has 0 atom stereocenters. The quantitative estimate of drug-likeness (QED) is 0.421. The zero-order valence-electron chi connectivity index (χ0n) is 15.9. The molecule has 136 valence electrons. The highest BCUT2D eigenvalue weighted by Gasteiger charge is 2.21. The minimum absolute atomic E-state index is 0.123. The van der Waals surface area contributed by atoms with Gasteiger partial charge in [-0.2, -0.15) is 0 Å². The minimum atomic E-state index is -0.134. The lowest BCUT2D eigenvalue weighted by molar-refractivity contribution is 0.100. The van der Waals surface area contributed by atoms with Crippen LogP contribution in [0.1, 0.15) is 43.0 Å². The van der Waals surface area contributed by atoms with E-state index in [0.717, 1.165) is 21.9 Å². The number of aryl methyl sites for hydroxylation is 2. The Morgan fingerprint density at radius 1 is 0.571 bits per heavy atom. The van der Waals surface area contributed by atoms with Gasteiger partial charge in [0.15, 0.2) is 11.6 Å². The van der Waals surface area contributed by atoms with Crippen LogP contribution >= 0.6 is 0 Å². The predicted molar refractivity (Wildman–Crippen MR) is 113 cm³/mol. The van der Waals surface area contributed by atoms with Crippen LogP contribution in [0.25, 0.3) is 10.8 Å². The fraction of sp³-hybridized carbons (Fsp3) is 0.0769. The van der Waals surface area contributed by atoms with Gasteiger partial charge >= 0.3 is 0 Å². The van der Waals surface area contributed by atoms with Crippen molar-refractivity contribution in [3.63, 3.8) is 0 Å². The molecule has 4 aromatic rings. The number of ketones is 2. The number of fused-ring (bicyclic) bond motifs is 1. The normalized spacial score (nSPS) is 10.8. The van der Waals surface area contributed by atoms with E-state index < -0.39 is 0 Å². The van der Waals surface area contributed by atoms with Crippen molar-refractivity contribution in [3.05, 3.63) is 118 Å². The van der Waals surface area contributed by atoms with Crippen molar-refractivity contribution < 1.29 is 9.59 Å². The predicted octanol–water partition coefficient (Wildman–Crippen LogP) is 5.92. The number of hydrogen-bond acceptors (Lipinski definition) is 2. The highest BCUT2D eigenvalue weighted by molar-refractivity contribution is 6.23. The lowest BCUT2D eigenvalue weighted by Crippen LogP contribution is -2.12. The Hall–Kier alpha value is -3.52. The van der Waals surface area contributed by atoms with E-state index in [4.69, 9.17) is 0 Å². The first-order valence-corrected chi connectivity index (χ1v) is 9.29. The van der Waals surface area contributed by atoms with Crippen molar-refractivity contribution in [2.45, 2.75) is 13.8 Å². The molecule has 2 heteroatoms. The van der Waals surface area contributed by atoms with Crippen LogP contribution in [0.15, 0.2) is 84.9 Å². The lowest BCUT2D eigenvalue weighted by atomic mass is 9.90. The Balaban J connectivity index is 1.84. The molecular formula is C26H20O2. The molecule has 0 heterocycles. The highest BCUT2D eigenvalue weighted by atomic mass is 16.1. The summed E-state index contributed by atoms with van der Waals surface area (Å²) in [5, 5.41) is 1.90. The summed E-state index contributed by atoms with van der Waals surface area (Å²) in [6.07, 6.45) is 0. The summed E-state index contributed by atoms with van der Waals surface area (Å²) in [4.78, 5) is 26.7. The molecule has 0 spiro atoms. The maximum absolute atomic E-state index is 13.4. The third-order valence-corrected chi connectivity index (χ3v) is 5.08. The summed E-state index contributed by atoms with van der Waals surface area (Å²) in [7, 11) is 0. The molecule has 28 heavy (non-hydrogen) atoms. The lowest BCUT2D eigenvalue weighted by Gasteiger charge is -2.12. The molecule has 0 radical (unpaired) electrons. The third-order valence-electron chi connectivity index (χ3n) is 5.08. The Kier molecular flexibility index (Phi) is 4.62. The second-order valence-electron chi connectivity index (χ2n) is 7.05. The van der Waals surface area contributed by atoms with Crippen molar-refractivity contribution in [1.82, 2.24) is 0 Å². The van der Waals surface area contributed by atoms with E-state index in [-0.39, 0.29) is 11.6 Å². The Labute approximate surface area is 164 Å². The van der Waals surface area contributed by atoms with Crippen LogP contribution in [0.5, 0.6) is 0 Å². The van der Waals surface area contributed by atoms with E-state index >= 15 is 0 Å². The summed E-state index contributed by atoms with van der Waals surface area (Å²) < 4.78 is 0. The molecule has 0 saturated carbocycles.